The van der Waals surface area contributed by atoms with Crippen LogP contribution in [0.25, 0.3) is 23.1 Å². The molecule has 0 bridgehead atoms. The van der Waals surface area contributed by atoms with E-state index in [1.807, 2.05) is 55.5 Å². The summed E-state index contributed by atoms with van der Waals surface area (Å²) in [5.41, 5.74) is 3.55. The summed E-state index contributed by atoms with van der Waals surface area (Å²) in [7, 11) is 0. The van der Waals surface area contributed by atoms with Crippen molar-refractivity contribution in [3.63, 3.8) is 0 Å². The minimum absolute atomic E-state index is 0.336. The van der Waals surface area contributed by atoms with Gasteiger partial charge in [-0.1, -0.05) is 42.0 Å². The van der Waals surface area contributed by atoms with Crippen LogP contribution in [0.5, 0.6) is 0 Å². The minimum Gasteiger partial charge on any atom is -0.275 e. The third kappa shape index (κ3) is 2.27. The Hall–Kier alpha value is -2.42. The topological polar surface area (TPSA) is 17.8 Å². The van der Waals surface area contributed by atoms with Crippen molar-refractivity contribution in [3.8, 4) is 0 Å². The minimum atomic E-state index is -0.336. The van der Waals surface area contributed by atoms with Gasteiger partial charge in [0.1, 0.15) is 6.33 Å². The Balaban J connectivity index is 2.03. The van der Waals surface area contributed by atoms with Crippen LogP contribution >= 0.6 is 0 Å². The fourth-order valence-electron chi connectivity index (χ4n) is 2.00. The SMILES string of the molecule is Cc1ccc(/C=C(/F)n2cnc3ccccc32)cc1. The zero-order valence-corrected chi connectivity index (χ0v) is 10.5. The zero-order valence-electron chi connectivity index (χ0n) is 10.5. The highest BCUT2D eigenvalue weighted by Gasteiger charge is 2.05. The average Bonchev–Trinajstić information content (AvgIpc) is 2.85. The van der Waals surface area contributed by atoms with E-state index in [2.05, 4.69) is 4.98 Å². The van der Waals surface area contributed by atoms with E-state index in [-0.39, 0.29) is 5.95 Å². The maximum atomic E-state index is 14.3. The van der Waals surface area contributed by atoms with E-state index in [1.165, 1.54) is 17.0 Å². The summed E-state index contributed by atoms with van der Waals surface area (Å²) in [6.45, 7) is 2.01. The van der Waals surface area contributed by atoms with Gasteiger partial charge in [0.25, 0.3) is 0 Å². The van der Waals surface area contributed by atoms with E-state index in [0.29, 0.717) is 0 Å². The number of fused-ring (bicyclic) bond motifs is 1. The van der Waals surface area contributed by atoms with E-state index >= 15 is 0 Å². The number of rotatable bonds is 2. The molecule has 3 aromatic rings. The number of aromatic nitrogens is 2. The highest BCUT2D eigenvalue weighted by molar-refractivity contribution is 5.81. The van der Waals surface area contributed by atoms with E-state index in [0.717, 1.165) is 22.2 Å². The summed E-state index contributed by atoms with van der Waals surface area (Å²) in [6, 6.07) is 15.2. The summed E-state index contributed by atoms with van der Waals surface area (Å²) >= 11 is 0. The molecule has 0 amide bonds. The Morgan fingerprint density at radius 1 is 1.11 bits per heavy atom. The molecule has 0 unspecified atom stereocenters. The normalized spacial score (nSPS) is 12.0. The molecule has 1 heterocycles. The smallest absolute Gasteiger partial charge is 0.200 e. The molecule has 19 heavy (non-hydrogen) atoms. The number of para-hydroxylation sites is 2. The Morgan fingerprint density at radius 2 is 1.84 bits per heavy atom. The fraction of sp³-hybridized carbons (Fsp3) is 0.0625. The first-order valence-electron chi connectivity index (χ1n) is 6.10. The second-order valence-corrected chi connectivity index (χ2v) is 4.48. The van der Waals surface area contributed by atoms with Gasteiger partial charge in [-0.25, -0.2) is 4.98 Å². The third-order valence-electron chi connectivity index (χ3n) is 3.05. The standard InChI is InChI=1S/C16H13FN2/c1-12-6-8-13(9-7-12)10-16(17)19-11-18-14-4-2-3-5-15(14)19/h2-11H,1H3/b16-10-. The van der Waals surface area contributed by atoms with Crippen LogP contribution < -0.4 is 0 Å². The van der Waals surface area contributed by atoms with Crippen LogP contribution in [0.3, 0.4) is 0 Å². The second-order valence-electron chi connectivity index (χ2n) is 4.48. The van der Waals surface area contributed by atoms with Gasteiger partial charge in [0.05, 0.1) is 11.0 Å². The predicted octanol–water partition coefficient (Wildman–Crippen LogP) is 4.27. The van der Waals surface area contributed by atoms with Gasteiger partial charge in [-0.05, 0) is 30.7 Å². The highest BCUT2D eigenvalue weighted by atomic mass is 19.1. The molecule has 1 aromatic heterocycles. The van der Waals surface area contributed by atoms with Crippen molar-refractivity contribution in [2.24, 2.45) is 0 Å². The summed E-state index contributed by atoms with van der Waals surface area (Å²) < 4.78 is 15.7. The van der Waals surface area contributed by atoms with Crippen molar-refractivity contribution in [1.29, 1.82) is 0 Å². The first kappa shape index (κ1) is 11.7. The Labute approximate surface area is 110 Å². The Kier molecular flexibility index (Phi) is 2.88. The molecule has 0 spiro atoms. The van der Waals surface area contributed by atoms with Crippen molar-refractivity contribution in [3.05, 3.63) is 66.0 Å². The number of imidazole rings is 1. The molecule has 2 nitrogen and oxygen atoms in total. The highest BCUT2D eigenvalue weighted by Crippen LogP contribution is 2.20. The quantitative estimate of drug-likeness (QED) is 0.666. The molecule has 0 N–H and O–H groups in total. The lowest BCUT2D eigenvalue weighted by Gasteiger charge is -2.01. The lowest BCUT2D eigenvalue weighted by Crippen LogP contribution is -1.89. The van der Waals surface area contributed by atoms with Gasteiger partial charge in [-0.15, -0.1) is 0 Å². The van der Waals surface area contributed by atoms with Crippen LogP contribution in [0, 0.1) is 6.92 Å². The van der Waals surface area contributed by atoms with E-state index in [4.69, 9.17) is 0 Å². The molecule has 0 radical (unpaired) electrons. The van der Waals surface area contributed by atoms with Crippen LogP contribution in [0.1, 0.15) is 11.1 Å². The maximum Gasteiger partial charge on any atom is 0.200 e. The van der Waals surface area contributed by atoms with Crippen LogP contribution in [0.2, 0.25) is 0 Å². The first-order valence-corrected chi connectivity index (χ1v) is 6.10. The van der Waals surface area contributed by atoms with Gasteiger partial charge >= 0.3 is 0 Å². The Morgan fingerprint density at radius 3 is 2.63 bits per heavy atom. The number of nitrogens with zero attached hydrogens (tertiary/aromatic N) is 2. The molecule has 3 rings (SSSR count). The van der Waals surface area contributed by atoms with E-state index < -0.39 is 0 Å². The molecule has 3 heteroatoms. The predicted molar refractivity (Wildman–Crippen MR) is 76.2 cm³/mol. The van der Waals surface area contributed by atoms with Crippen molar-refractivity contribution in [2.45, 2.75) is 6.92 Å². The monoisotopic (exact) mass is 252 g/mol. The lowest BCUT2D eigenvalue weighted by molar-refractivity contribution is 0.700. The molecule has 0 aliphatic heterocycles. The molecule has 0 saturated heterocycles. The van der Waals surface area contributed by atoms with Crippen LogP contribution in [-0.2, 0) is 0 Å². The van der Waals surface area contributed by atoms with Gasteiger partial charge in [0.15, 0.2) is 5.95 Å². The molecule has 0 aliphatic rings. The molecule has 0 fully saturated rings. The average molecular weight is 252 g/mol. The second kappa shape index (κ2) is 4.69. The van der Waals surface area contributed by atoms with Crippen molar-refractivity contribution in [2.75, 3.05) is 0 Å². The van der Waals surface area contributed by atoms with Gasteiger partial charge in [-0.2, -0.15) is 4.39 Å². The number of hydrogen-bond acceptors (Lipinski definition) is 1. The Bertz CT molecular complexity index is 739. The number of aryl methyl sites for hydroxylation is 1. The molecule has 0 atom stereocenters. The summed E-state index contributed by atoms with van der Waals surface area (Å²) in [4.78, 5) is 4.18. The van der Waals surface area contributed by atoms with Crippen LogP contribution in [-0.4, -0.2) is 9.55 Å². The summed E-state index contributed by atoms with van der Waals surface area (Å²) in [6.07, 6.45) is 3.01. The van der Waals surface area contributed by atoms with Gasteiger partial charge in [0.2, 0.25) is 0 Å². The molecule has 2 aromatic carbocycles. The molecular formula is C16H13FN2. The molecule has 0 saturated carbocycles. The fourth-order valence-corrected chi connectivity index (χ4v) is 2.00. The van der Waals surface area contributed by atoms with E-state index in [9.17, 15) is 4.39 Å². The molecular weight excluding hydrogens is 239 g/mol. The van der Waals surface area contributed by atoms with E-state index in [1.54, 1.807) is 0 Å². The number of benzene rings is 2. The summed E-state index contributed by atoms with van der Waals surface area (Å²) in [5.74, 6) is -0.336. The van der Waals surface area contributed by atoms with Gasteiger partial charge in [-0.3, -0.25) is 4.57 Å². The lowest BCUT2D eigenvalue weighted by atomic mass is 10.1. The van der Waals surface area contributed by atoms with Crippen LogP contribution in [0.4, 0.5) is 4.39 Å². The zero-order chi connectivity index (χ0) is 13.2. The largest absolute Gasteiger partial charge is 0.275 e. The van der Waals surface area contributed by atoms with Crippen molar-refractivity contribution < 1.29 is 4.39 Å². The van der Waals surface area contributed by atoms with Gasteiger partial charge < -0.3 is 0 Å². The number of halogens is 1. The third-order valence-corrected chi connectivity index (χ3v) is 3.05. The summed E-state index contributed by atoms with van der Waals surface area (Å²) in [5, 5.41) is 0. The molecule has 0 aliphatic carbocycles. The first-order chi connectivity index (χ1) is 9.24. The van der Waals surface area contributed by atoms with Crippen LogP contribution in [0.15, 0.2) is 54.9 Å². The van der Waals surface area contributed by atoms with Crippen molar-refractivity contribution >= 4 is 23.1 Å². The number of hydrogen-bond donors (Lipinski definition) is 0. The molecule has 94 valence electrons. The van der Waals surface area contributed by atoms with Crippen molar-refractivity contribution in [1.82, 2.24) is 9.55 Å². The maximum absolute atomic E-state index is 14.3. The van der Waals surface area contributed by atoms with Gasteiger partial charge in [0, 0.05) is 0 Å².